The van der Waals surface area contributed by atoms with E-state index in [0.717, 1.165) is 0 Å². The Labute approximate surface area is 149 Å². The second-order valence-corrected chi connectivity index (χ2v) is 5.50. The third-order valence-corrected chi connectivity index (χ3v) is 3.84. The Morgan fingerprint density at radius 1 is 1.31 bits per heavy atom. The lowest BCUT2D eigenvalue weighted by Crippen LogP contribution is -2.26. The van der Waals surface area contributed by atoms with Crippen molar-refractivity contribution in [3.63, 3.8) is 0 Å². The van der Waals surface area contributed by atoms with Crippen LogP contribution in [-0.4, -0.2) is 21.6 Å². The Balaban J connectivity index is 2.32. The third kappa shape index (κ3) is 3.19. The number of benzene rings is 1. The van der Waals surface area contributed by atoms with Gasteiger partial charge in [-0.15, -0.1) is 6.58 Å². The molecule has 0 radical (unpaired) electrons. The third-order valence-electron chi connectivity index (χ3n) is 3.84. The van der Waals surface area contributed by atoms with E-state index >= 15 is 0 Å². The molecule has 0 saturated carbocycles. The number of anilines is 1. The van der Waals surface area contributed by atoms with Crippen molar-refractivity contribution in [2.24, 2.45) is 0 Å². The smallest absolute Gasteiger partial charge is 0.263 e. The van der Waals surface area contributed by atoms with Gasteiger partial charge in [0.25, 0.3) is 5.56 Å². The first-order valence-electron chi connectivity index (χ1n) is 7.82. The zero-order chi connectivity index (χ0) is 18.7. The lowest BCUT2D eigenvalue weighted by Gasteiger charge is -2.14. The number of halogens is 1. The van der Waals surface area contributed by atoms with Gasteiger partial charge in [-0.1, -0.05) is 18.2 Å². The summed E-state index contributed by atoms with van der Waals surface area (Å²) >= 11 is 0. The molecule has 3 rings (SSSR count). The summed E-state index contributed by atoms with van der Waals surface area (Å²) < 4.78 is 20.1. The molecule has 0 spiro atoms. The number of hydrogen-bond acceptors (Lipinski definition) is 5. The maximum absolute atomic E-state index is 13.7. The molecular weight excluding hydrogens is 335 g/mol. The molecule has 2 aromatic heterocycles. The average Bonchev–Trinajstić information content (AvgIpc) is 2.65. The minimum absolute atomic E-state index is 0.0272. The second-order valence-electron chi connectivity index (χ2n) is 5.50. The number of nitrogens with two attached hydrogens (primary N) is 1. The number of nitrogen functional groups attached to an aromatic ring is 1. The van der Waals surface area contributed by atoms with Crippen LogP contribution in [0.2, 0.25) is 0 Å². The fourth-order valence-electron chi connectivity index (χ4n) is 2.63. The molecule has 1 aromatic carbocycles. The maximum Gasteiger partial charge on any atom is 0.263 e. The van der Waals surface area contributed by atoms with E-state index in [-0.39, 0.29) is 23.6 Å². The monoisotopic (exact) mass is 352 g/mol. The van der Waals surface area contributed by atoms with Crippen molar-refractivity contribution in [3.05, 3.63) is 71.4 Å². The molecule has 0 unspecified atom stereocenters. The van der Waals surface area contributed by atoms with Crippen molar-refractivity contribution in [1.29, 1.82) is 0 Å². The zero-order valence-electron chi connectivity index (χ0n) is 14.1. The largest absolute Gasteiger partial charge is 0.481 e. The first kappa shape index (κ1) is 17.3. The predicted molar refractivity (Wildman–Crippen MR) is 98.3 cm³/mol. The highest BCUT2D eigenvalue weighted by molar-refractivity contribution is 5.80. The summed E-state index contributed by atoms with van der Waals surface area (Å²) in [7, 11) is 1.50. The van der Waals surface area contributed by atoms with Crippen LogP contribution in [0.15, 0.2) is 60.0 Å². The zero-order valence-corrected chi connectivity index (χ0v) is 14.1. The predicted octanol–water partition coefficient (Wildman–Crippen LogP) is 2.89. The molecule has 0 amide bonds. The van der Waals surface area contributed by atoms with Gasteiger partial charge in [0.2, 0.25) is 11.8 Å². The summed E-state index contributed by atoms with van der Waals surface area (Å²) in [6.45, 7) is 3.84. The molecule has 0 aliphatic heterocycles. The van der Waals surface area contributed by atoms with Crippen LogP contribution in [0.25, 0.3) is 22.4 Å². The number of pyridine rings is 1. The number of allylic oxidation sites excluding steroid dienone is 1. The number of rotatable bonds is 5. The first-order valence-corrected chi connectivity index (χ1v) is 7.82. The Morgan fingerprint density at radius 3 is 2.73 bits per heavy atom. The van der Waals surface area contributed by atoms with Crippen LogP contribution in [0.5, 0.6) is 5.88 Å². The molecule has 0 aliphatic carbocycles. The van der Waals surface area contributed by atoms with Gasteiger partial charge in [-0.2, -0.15) is 0 Å². The van der Waals surface area contributed by atoms with Gasteiger partial charge in [-0.05, 0) is 18.2 Å². The summed E-state index contributed by atoms with van der Waals surface area (Å²) in [4.78, 5) is 21.5. The number of methoxy groups -OCH3 is 1. The summed E-state index contributed by atoms with van der Waals surface area (Å²) in [5.41, 5.74) is 7.14. The molecule has 3 aromatic rings. The second kappa shape index (κ2) is 7.18. The van der Waals surface area contributed by atoms with Crippen molar-refractivity contribution < 1.29 is 9.13 Å². The lowest BCUT2D eigenvalue weighted by molar-refractivity contribution is 0.398. The number of ether oxygens (including phenoxy) is 1. The standard InChI is InChI=1S/C19H17FN4O2/c1-3-9-24-18(25)16(13-7-8-15(26-2)22-11-13)17(23-19(24)21)12-5-4-6-14(20)10-12/h3-8,10-11H,1,9H2,2H3,(H2,21,23). The molecule has 132 valence electrons. The molecule has 0 saturated heterocycles. The summed E-state index contributed by atoms with van der Waals surface area (Å²) in [6.07, 6.45) is 3.06. The van der Waals surface area contributed by atoms with Crippen molar-refractivity contribution in [2.75, 3.05) is 12.8 Å². The topological polar surface area (TPSA) is 83.0 Å². The summed E-state index contributed by atoms with van der Waals surface area (Å²) in [5, 5.41) is 0. The number of hydrogen-bond donors (Lipinski definition) is 1. The highest BCUT2D eigenvalue weighted by Crippen LogP contribution is 2.29. The first-order chi connectivity index (χ1) is 12.5. The van der Waals surface area contributed by atoms with E-state index in [1.54, 1.807) is 30.3 Å². The van der Waals surface area contributed by atoms with E-state index in [0.29, 0.717) is 22.7 Å². The normalized spacial score (nSPS) is 10.5. The van der Waals surface area contributed by atoms with E-state index in [9.17, 15) is 9.18 Å². The van der Waals surface area contributed by atoms with E-state index in [4.69, 9.17) is 10.5 Å². The van der Waals surface area contributed by atoms with Gasteiger partial charge in [0.05, 0.1) is 18.4 Å². The molecular formula is C19H17FN4O2. The SMILES string of the molecule is C=CCn1c(N)nc(-c2cccc(F)c2)c(-c2ccc(OC)nc2)c1=O. The van der Waals surface area contributed by atoms with Crippen molar-refractivity contribution in [2.45, 2.75) is 6.54 Å². The quantitative estimate of drug-likeness (QED) is 0.714. The van der Waals surface area contributed by atoms with E-state index in [1.807, 2.05) is 0 Å². The molecule has 26 heavy (non-hydrogen) atoms. The summed E-state index contributed by atoms with van der Waals surface area (Å²) in [5.74, 6) is 0.00667. The number of aromatic nitrogens is 3. The van der Waals surface area contributed by atoms with E-state index in [1.165, 1.54) is 30.0 Å². The highest BCUT2D eigenvalue weighted by Gasteiger charge is 2.18. The molecule has 0 bridgehead atoms. The van der Waals surface area contributed by atoms with E-state index in [2.05, 4.69) is 16.5 Å². The average molecular weight is 352 g/mol. The van der Waals surface area contributed by atoms with Crippen LogP contribution < -0.4 is 16.0 Å². The van der Waals surface area contributed by atoms with Crippen LogP contribution in [0, 0.1) is 5.82 Å². The molecule has 0 aliphatic rings. The highest BCUT2D eigenvalue weighted by atomic mass is 19.1. The minimum Gasteiger partial charge on any atom is -0.481 e. The van der Waals surface area contributed by atoms with Gasteiger partial charge < -0.3 is 10.5 Å². The van der Waals surface area contributed by atoms with Crippen LogP contribution in [0.1, 0.15) is 0 Å². The molecule has 2 heterocycles. The Morgan fingerprint density at radius 2 is 2.12 bits per heavy atom. The maximum atomic E-state index is 13.7. The van der Waals surface area contributed by atoms with Crippen LogP contribution in [-0.2, 0) is 6.54 Å². The van der Waals surface area contributed by atoms with Gasteiger partial charge in [-0.25, -0.2) is 14.4 Å². The van der Waals surface area contributed by atoms with Crippen LogP contribution >= 0.6 is 0 Å². The van der Waals surface area contributed by atoms with E-state index < -0.39 is 5.82 Å². The number of nitrogens with zero attached hydrogens (tertiary/aromatic N) is 3. The van der Waals surface area contributed by atoms with Crippen molar-refractivity contribution in [3.8, 4) is 28.3 Å². The molecule has 2 N–H and O–H groups in total. The Kier molecular flexibility index (Phi) is 4.79. The van der Waals surface area contributed by atoms with Gasteiger partial charge in [-0.3, -0.25) is 9.36 Å². The fraction of sp³-hybridized carbons (Fsp3) is 0.105. The molecule has 7 heteroatoms. The van der Waals surface area contributed by atoms with Crippen LogP contribution in [0.3, 0.4) is 0 Å². The Bertz CT molecular complexity index is 1010. The van der Waals surface area contributed by atoms with Gasteiger partial charge in [0.1, 0.15) is 5.82 Å². The van der Waals surface area contributed by atoms with Gasteiger partial charge in [0.15, 0.2) is 0 Å². The fourth-order valence-corrected chi connectivity index (χ4v) is 2.63. The van der Waals surface area contributed by atoms with Crippen LogP contribution in [0.4, 0.5) is 10.3 Å². The van der Waals surface area contributed by atoms with Crippen molar-refractivity contribution in [1.82, 2.24) is 14.5 Å². The molecule has 0 fully saturated rings. The van der Waals surface area contributed by atoms with Gasteiger partial charge in [0, 0.05) is 29.9 Å². The summed E-state index contributed by atoms with van der Waals surface area (Å²) in [6, 6.07) is 9.18. The van der Waals surface area contributed by atoms with Gasteiger partial charge >= 0.3 is 0 Å². The molecule has 6 nitrogen and oxygen atoms in total. The minimum atomic E-state index is -0.433. The van der Waals surface area contributed by atoms with Crippen molar-refractivity contribution >= 4 is 5.95 Å². The molecule has 0 atom stereocenters. The Hall–Kier alpha value is -3.48. The lowest BCUT2D eigenvalue weighted by atomic mass is 10.0.